The molecule has 1 atom stereocenters. The van der Waals surface area contributed by atoms with Crippen LogP contribution in [0.4, 0.5) is 0 Å². The van der Waals surface area contributed by atoms with Crippen molar-refractivity contribution in [3.63, 3.8) is 0 Å². The fraction of sp³-hybridized carbons (Fsp3) is 0.538. The molecule has 1 aromatic carbocycles. The highest BCUT2D eigenvalue weighted by molar-refractivity contribution is 7.99. The number of benzene rings is 1. The Labute approximate surface area is 118 Å². The molecule has 1 aromatic rings. The summed E-state index contributed by atoms with van der Waals surface area (Å²) in [6.45, 7) is -0.0216. The van der Waals surface area contributed by atoms with Crippen molar-refractivity contribution in [2.45, 2.75) is 24.8 Å². The van der Waals surface area contributed by atoms with Gasteiger partial charge in [0.25, 0.3) is 0 Å². The molecule has 106 valence electrons. The first-order chi connectivity index (χ1) is 9.03. The lowest BCUT2D eigenvalue weighted by Gasteiger charge is -2.23. The Morgan fingerprint density at radius 1 is 1.32 bits per heavy atom. The molecule has 1 fully saturated rings. The van der Waals surface area contributed by atoms with Gasteiger partial charge in [-0.2, -0.15) is 11.8 Å². The van der Waals surface area contributed by atoms with Crippen LogP contribution in [0, 0.1) is 0 Å². The summed E-state index contributed by atoms with van der Waals surface area (Å²) in [6, 6.07) is 7.18. The van der Waals surface area contributed by atoms with Crippen molar-refractivity contribution in [2.24, 2.45) is 0 Å². The largest absolute Gasteiger partial charge is 0.392 e. The quantitative estimate of drug-likeness (QED) is 0.894. The number of thioether (sulfide) groups is 1. The molecule has 1 aliphatic rings. The third-order valence-electron chi connectivity index (χ3n) is 3.41. The number of sulfonamides is 1. The highest BCUT2D eigenvalue weighted by Crippen LogP contribution is 2.24. The standard InChI is InChI=1S/C13H19NO3S2/c1-14(13-6-7-18-9-13)19(16,17)10-12-4-2-11(8-15)3-5-12/h2-5,13,15H,6-10H2,1H3. The molecule has 2 rings (SSSR count). The van der Waals surface area contributed by atoms with Crippen LogP contribution in [0.1, 0.15) is 17.5 Å². The van der Waals surface area contributed by atoms with Gasteiger partial charge in [0.2, 0.25) is 10.0 Å². The Bertz CT molecular complexity index is 507. The Morgan fingerprint density at radius 3 is 2.47 bits per heavy atom. The minimum atomic E-state index is -3.26. The minimum Gasteiger partial charge on any atom is -0.392 e. The third-order valence-corrected chi connectivity index (χ3v) is 6.43. The van der Waals surface area contributed by atoms with Crippen LogP contribution in [-0.4, -0.2) is 42.4 Å². The van der Waals surface area contributed by atoms with E-state index < -0.39 is 10.0 Å². The number of hydrogen-bond donors (Lipinski definition) is 1. The smallest absolute Gasteiger partial charge is 0.218 e. The van der Waals surface area contributed by atoms with Crippen LogP contribution < -0.4 is 0 Å². The molecule has 6 heteroatoms. The van der Waals surface area contributed by atoms with E-state index in [0.717, 1.165) is 29.1 Å². The third kappa shape index (κ3) is 3.72. The summed E-state index contributed by atoms with van der Waals surface area (Å²) in [4.78, 5) is 0. The van der Waals surface area contributed by atoms with Gasteiger partial charge in [0.15, 0.2) is 0 Å². The van der Waals surface area contributed by atoms with Gasteiger partial charge in [-0.1, -0.05) is 24.3 Å². The van der Waals surface area contributed by atoms with Gasteiger partial charge in [0.1, 0.15) is 0 Å². The molecule has 19 heavy (non-hydrogen) atoms. The van der Waals surface area contributed by atoms with Crippen molar-refractivity contribution < 1.29 is 13.5 Å². The van der Waals surface area contributed by atoms with Crippen LogP contribution >= 0.6 is 11.8 Å². The van der Waals surface area contributed by atoms with Crippen LogP contribution in [0.25, 0.3) is 0 Å². The molecule has 0 saturated carbocycles. The normalized spacial score (nSPS) is 20.1. The first-order valence-electron chi connectivity index (χ1n) is 6.25. The van der Waals surface area contributed by atoms with E-state index in [4.69, 9.17) is 5.11 Å². The molecule has 1 unspecified atom stereocenters. The molecule has 0 aliphatic carbocycles. The number of aliphatic hydroxyl groups excluding tert-OH is 1. The number of rotatable bonds is 5. The van der Waals surface area contributed by atoms with E-state index in [9.17, 15) is 8.42 Å². The monoisotopic (exact) mass is 301 g/mol. The van der Waals surface area contributed by atoms with Gasteiger partial charge >= 0.3 is 0 Å². The summed E-state index contributed by atoms with van der Waals surface area (Å²) < 4.78 is 26.1. The van der Waals surface area contributed by atoms with Crippen LogP contribution in [0.15, 0.2) is 24.3 Å². The molecule has 0 spiro atoms. The zero-order valence-electron chi connectivity index (χ0n) is 10.9. The molecule has 0 amide bonds. The van der Waals surface area contributed by atoms with Gasteiger partial charge in [0, 0.05) is 18.8 Å². The Balaban J connectivity index is 2.06. The Hall–Kier alpha value is -0.560. The number of hydrogen-bond acceptors (Lipinski definition) is 4. The fourth-order valence-electron chi connectivity index (χ4n) is 2.09. The summed E-state index contributed by atoms with van der Waals surface area (Å²) in [5.41, 5.74) is 1.55. The fourth-order valence-corrected chi connectivity index (χ4v) is 4.90. The summed E-state index contributed by atoms with van der Waals surface area (Å²) >= 11 is 1.80. The van der Waals surface area contributed by atoms with Crippen LogP contribution in [0.3, 0.4) is 0 Å². The minimum absolute atomic E-state index is 0.0216. The lowest BCUT2D eigenvalue weighted by Crippen LogP contribution is -2.37. The highest BCUT2D eigenvalue weighted by Gasteiger charge is 2.28. The zero-order chi connectivity index (χ0) is 13.9. The van der Waals surface area contributed by atoms with E-state index in [2.05, 4.69) is 0 Å². The second-order valence-corrected chi connectivity index (χ2v) is 7.94. The molecule has 1 heterocycles. The van der Waals surface area contributed by atoms with E-state index in [1.54, 1.807) is 43.1 Å². The Kier molecular flexibility index (Phi) is 4.89. The topological polar surface area (TPSA) is 57.6 Å². The van der Waals surface area contributed by atoms with Gasteiger partial charge in [-0.15, -0.1) is 0 Å². The molecule has 1 N–H and O–H groups in total. The lowest BCUT2D eigenvalue weighted by molar-refractivity contribution is 0.282. The Morgan fingerprint density at radius 2 is 1.95 bits per heavy atom. The van der Waals surface area contributed by atoms with Gasteiger partial charge in [0.05, 0.1) is 12.4 Å². The van der Waals surface area contributed by atoms with Crippen molar-refractivity contribution in [3.8, 4) is 0 Å². The van der Waals surface area contributed by atoms with E-state index in [1.165, 1.54) is 4.31 Å². The molecule has 4 nitrogen and oxygen atoms in total. The first-order valence-corrected chi connectivity index (χ1v) is 9.01. The first kappa shape index (κ1) is 14.8. The number of nitrogens with zero attached hydrogens (tertiary/aromatic N) is 1. The molecule has 1 aliphatic heterocycles. The number of aliphatic hydroxyl groups is 1. The summed E-state index contributed by atoms with van der Waals surface area (Å²) in [7, 11) is -1.58. The predicted octanol–water partition coefficient (Wildman–Crippen LogP) is 1.45. The average Bonchev–Trinajstić information content (AvgIpc) is 2.92. The van der Waals surface area contributed by atoms with Crippen LogP contribution in [0.5, 0.6) is 0 Å². The van der Waals surface area contributed by atoms with Gasteiger partial charge < -0.3 is 5.11 Å². The van der Waals surface area contributed by atoms with Crippen LogP contribution in [0.2, 0.25) is 0 Å². The zero-order valence-corrected chi connectivity index (χ0v) is 12.6. The van der Waals surface area contributed by atoms with Crippen molar-refractivity contribution in [3.05, 3.63) is 35.4 Å². The van der Waals surface area contributed by atoms with Crippen molar-refractivity contribution in [2.75, 3.05) is 18.6 Å². The molecule has 0 radical (unpaired) electrons. The van der Waals surface area contributed by atoms with Crippen molar-refractivity contribution in [1.82, 2.24) is 4.31 Å². The summed E-state index contributed by atoms with van der Waals surface area (Å²) in [6.07, 6.45) is 0.934. The van der Waals surface area contributed by atoms with Gasteiger partial charge in [-0.05, 0) is 23.3 Å². The van der Waals surface area contributed by atoms with Crippen molar-refractivity contribution in [1.29, 1.82) is 0 Å². The maximum Gasteiger partial charge on any atom is 0.218 e. The summed E-state index contributed by atoms with van der Waals surface area (Å²) in [5.74, 6) is 1.95. The molecule has 0 bridgehead atoms. The highest BCUT2D eigenvalue weighted by atomic mass is 32.2. The molecular weight excluding hydrogens is 282 g/mol. The van der Waals surface area contributed by atoms with E-state index in [0.29, 0.717) is 0 Å². The lowest BCUT2D eigenvalue weighted by atomic mass is 10.2. The van der Waals surface area contributed by atoms with Gasteiger partial charge in [-0.3, -0.25) is 0 Å². The van der Waals surface area contributed by atoms with Crippen LogP contribution in [-0.2, 0) is 22.4 Å². The maximum absolute atomic E-state index is 12.3. The molecule has 0 aromatic heterocycles. The molecule has 1 saturated heterocycles. The summed E-state index contributed by atoms with van der Waals surface area (Å²) in [5, 5.41) is 8.96. The van der Waals surface area contributed by atoms with E-state index in [1.807, 2.05) is 0 Å². The maximum atomic E-state index is 12.3. The van der Waals surface area contributed by atoms with E-state index in [-0.39, 0.29) is 18.4 Å². The average molecular weight is 301 g/mol. The SMILES string of the molecule is CN(C1CCSC1)S(=O)(=O)Cc1ccc(CO)cc1. The van der Waals surface area contributed by atoms with E-state index >= 15 is 0 Å². The second-order valence-electron chi connectivity index (χ2n) is 4.76. The predicted molar refractivity (Wildman–Crippen MR) is 78.5 cm³/mol. The van der Waals surface area contributed by atoms with Crippen molar-refractivity contribution >= 4 is 21.8 Å². The second kappa shape index (κ2) is 6.26. The van der Waals surface area contributed by atoms with Gasteiger partial charge in [-0.25, -0.2) is 12.7 Å². The molecular formula is C13H19NO3S2.